The van der Waals surface area contributed by atoms with Crippen molar-refractivity contribution in [1.29, 1.82) is 0 Å². The molecule has 0 N–H and O–H groups in total. The number of carbonyl (C=O) groups is 1. The van der Waals surface area contributed by atoms with Crippen LogP contribution in [0.5, 0.6) is 0 Å². The lowest BCUT2D eigenvalue weighted by Gasteiger charge is -2.42. The van der Waals surface area contributed by atoms with Crippen molar-refractivity contribution in [1.82, 2.24) is 14.9 Å². The van der Waals surface area contributed by atoms with E-state index in [1.54, 1.807) is 6.20 Å². The smallest absolute Gasteiger partial charge is 0.410 e. The van der Waals surface area contributed by atoms with Crippen molar-refractivity contribution < 1.29 is 9.53 Å². The molecule has 1 fully saturated rings. The lowest BCUT2D eigenvalue weighted by atomic mass is 10.0. The molecule has 30 heavy (non-hydrogen) atoms. The summed E-state index contributed by atoms with van der Waals surface area (Å²) < 4.78 is 6.38. The van der Waals surface area contributed by atoms with Crippen LogP contribution in [0.4, 0.5) is 16.4 Å². The first kappa shape index (κ1) is 22.3. The molecule has 1 aliphatic heterocycles. The molecule has 7 nitrogen and oxygen atoms in total. The first-order valence-electron chi connectivity index (χ1n) is 10.1. The first-order valence-corrected chi connectivity index (χ1v) is 10.9. The molecule has 0 aliphatic carbocycles. The highest BCUT2D eigenvalue weighted by atomic mass is 79.9. The van der Waals surface area contributed by atoms with Gasteiger partial charge >= 0.3 is 6.09 Å². The molecule has 1 atom stereocenters. The standard InChI is InChI=1S/C22H30BrN5O2/c1-22(2,3)30-21(29)28-12-11-27(15-17(28)13-16-9-7-6-8-10-16)20-19(26(4)5)24-14-18(23)25-20/h6-10,14,17H,11-13,15H2,1-5H3/t17-/m0/s1. The Bertz CT molecular complexity index is 870. The maximum atomic E-state index is 12.9. The van der Waals surface area contributed by atoms with Crippen molar-refractivity contribution in [2.24, 2.45) is 0 Å². The number of amides is 1. The van der Waals surface area contributed by atoms with Gasteiger partial charge in [0, 0.05) is 33.7 Å². The molecule has 2 heterocycles. The maximum absolute atomic E-state index is 12.9. The van der Waals surface area contributed by atoms with Crippen LogP contribution in [0.2, 0.25) is 0 Å². The van der Waals surface area contributed by atoms with Crippen molar-refractivity contribution in [3.05, 3.63) is 46.7 Å². The summed E-state index contributed by atoms with van der Waals surface area (Å²) in [7, 11) is 3.92. The van der Waals surface area contributed by atoms with Crippen LogP contribution in [0.3, 0.4) is 0 Å². The monoisotopic (exact) mass is 475 g/mol. The summed E-state index contributed by atoms with van der Waals surface area (Å²) in [5, 5.41) is 0. The fraction of sp³-hybridized carbons (Fsp3) is 0.500. The van der Waals surface area contributed by atoms with Crippen LogP contribution in [0.1, 0.15) is 26.3 Å². The number of benzene rings is 1. The van der Waals surface area contributed by atoms with Crippen LogP contribution < -0.4 is 9.80 Å². The Morgan fingerprint density at radius 2 is 1.93 bits per heavy atom. The van der Waals surface area contributed by atoms with Gasteiger partial charge in [0.1, 0.15) is 10.2 Å². The van der Waals surface area contributed by atoms with Gasteiger partial charge in [-0.2, -0.15) is 0 Å². The van der Waals surface area contributed by atoms with E-state index in [9.17, 15) is 4.79 Å². The van der Waals surface area contributed by atoms with E-state index in [1.807, 2.05) is 62.9 Å². The van der Waals surface area contributed by atoms with Crippen LogP contribution in [0, 0.1) is 0 Å². The number of aromatic nitrogens is 2. The van der Waals surface area contributed by atoms with Crippen molar-refractivity contribution in [2.45, 2.75) is 38.8 Å². The molecule has 1 amide bonds. The number of ether oxygens (including phenoxy) is 1. The molecular formula is C22H30BrN5O2. The average Bonchev–Trinajstić information content (AvgIpc) is 2.67. The number of nitrogens with zero attached hydrogens (tertiary/aromatic N) is 5. The predicted molar refractivity (Wildman–Crippen MR) is 123 cm³/mol. The Hall–Kier alpha value is -2.35. The van der Waals surface area contributed by atoms with E-state index in [0.717, 1.165) is 18.1 Å². The molecular weight excluding hydrogens is 446 g/mol. The van der Waals surface area contributed by atoms with Crippen molar-refractivity contribution in [2.75, 3.05) is 43.5 Å². The second-order valence-corrected chi connectivity index (χ2v) is 9.51. The zero-order chi connectivity index (χ0) is 21.9. The second-order valence-electron chi connectivity index (χ2n) is 8.70. The van der Waals surface area contributed by atoms with E-state index in [-0.39, 0.29) is 12.1 Å². The molecule has 8 heteroatoms. The molecule has 0 saturated carbocycles. The van der Waals surface area contributed by atoms with Crippen LogP contribution >= 0.6 is 15.9 Å². The molecule has 2 aromatic rings. The van der Waals surface area contributed by atoms with E-state index < -0.39 is 5.60 Å². The third kappa shape index (κ3) is 5.62. The first-order chi connectivity index (χ1) is 14.1. The quantitative estimate of drug-likeness (QED) is 0.666. The van der Waals surface area contributed by atoms with Gasteiger partial charge in [-0.05, 0) is 48.7 Å². The van der Waals surface area contributed by atoms with E-state index in [4.69, 9.17) is 9.72 Å². The summed E-state index contributed by atoms with van der Waals surface area (Å²) in [6.07, 6.45) is 2.18. The summed E-state index contributed by atoms with van der Waals surface area (Å²) in [5.74, 6) is 1.62. The third-order valence-corrected chi connectivity index (χ3v) is 5.24. The average molecular weight is 476 g/mol. The lowest BCUT2D eigenvalue weighted by Crippen LogP contribution is -2.57. The number of halogens is 1. The summed E-state index contributed by atoms with van der Waals surface area (Å²) in [6, 6.07) is 10.2. The van der Waals surface area contributed by atoms with Gasteiger partial charge < -0.3 is 19.4 Å². The highest BCUT2D eigenvalue weighted by molar-refractivity contribution is 9.10. The molecule has 0 spiro atoms. The molecule has 0 unspecified atom stereocenters. The number of hydrogen-bond donors (Lipinski definition) is 0. The molecule has 0 bridgehead atoms. The number of hydrogen-bond acceptors (Lipinski definition) is 6. The Kier molecular flexibility index (Phi) is 6.85. The lowest BCUT2D eigenvalue weighted by molar-refractivity contribution is 0.0140. The predicted octanol–water partition coefficient (Wildman–Crippen LogP) is 3.97. The summed E-state index contributed by atoms with van der Waals surface area (Å²) in [6.45, 7) is 7.57. The molecule has 162 valence electrons. The fourth-order valence-corrected chi connectivity index (χ4v) is 3.82. The summed E-state index contributed by atoms with van der Waals surface area (Å²) >= 11 is 3.45. The van der Waals surface area contributed by atoms with Gasteiger partial charge in [-0.25, -0.2) is 14.8 Å². The third-order valence-electron chi connectivity index (χ3n) is 4.85. The van der Waals surface area contributed by atoms with E-state index >= 15 is 0 Å². The molecule has 1 aromatic heterocycles. The van der Waals surface area contributed by atoms with Gasteiger partial charge in [0.15, 0.2) is 11.6 Å². The van der Waals surface area contributed by atoms with Crippen LogP contribution in [0.25, 0.3) is 0 Å². The van der Waals surface area contributed by atoms with E-state index in [1.165, 1.54) is 5.56 Å². The van der Waals surface area contributed by atoms with Crippen molar-refractivity contribution >= 4 is 33.7 Å². The van der Waals surface area contributed by atoms with Gasteiger partial charge in [0.25, 0.3) is 0 Å². The minimum Gasteiger partial charge on any atom is -0.444 e. The summed E-state index contributed by atoms with van der Waals surface area (Å²) in [5.41, 5.74) is 0.658. The Balaban J connectivity index is 1.88. The maximum Gasteiger partial charge on any atom is 0.410 e. The zero-order valence-corrected chi connectivity index (χ0v) is 19.9. The van der Waals surface area contributed by atoms with Crippen molar-refractivity contribution in [3.63, 3.8) is 0 Å². The number of carbonyl (C=O) groups excluding carboxylic acids is 1. The van der Waals surface area contributed by atoms with Gasteiger partial charge in [0.05, 0.1) is 12.2 Å². The van der Waals surface area contributed by atoms with Gasteiger partial charge in [-0.1, -0.05) is 30.3 Å². The Labute approximate surface area is 187 Å². The molecule has 1 aromatic carbocycles. The molecule has 1 aliphatic rings. The highest BCUT2D eigenvalue weighted by Crippen LogP contribution is 2.29. The fourth-order valence-electron chi connectivity index (χ4n) is 3.55. The van der Waals surface area contributed by atoms with Gasteiger partial charge in [-0.15, -0.1) is 0 Å². The summed E-state index contributed by atoms with van der Waals surface area (Å²) in [4.78, 5) is 28.2. The molecule has 3 rings (SSSR count). The van der Waals surface area contributed by atoms with Gasteiger partial charge in [-0.3, -0.25) is 0 Å². The zero-order valence-electron chi connectivity index (χ0n) is 18.3. The SMILES string of the molecule is CN(C)c1ncc(Br)nc1N1CCN(C(=O)OC(C)(C)C)[C@@H](Cc2ccccc2)C1. The number of piperazine rings is 1. The van der Waals surface area contributed by atoms with E-state index in [0.29, 0.717) is 24.2 Å². The topological polar surface area (TPSA) is 61.8 Å². The van der Waals surface area contributed by atoms with Crippen molar-refractivity contribution in [3.8, 4) is 0 Å². The highest BCUT2D eigenvalue weighted by Gasteiger charge is 2.35. The second kappa shape index (κ2) is 9.20. The molecule has 0 radical (unpaired) electrons. The van der Waals surface area contributed by atoms with Crippen LogP contribution in [-0.2, 0) is 11.2 Å². The van der Waals surface area contributed by atoms with Crippen LogP contribution in [-0.4, -0.2) is 66.3 Å². The minimum absolute atomic E-state index is 0.0354. The Morgan fingerprint density at radius 1 is 1.23 bits per heavy atom. The van der Waals surface area contributed by atoms with Crippen LogP contribution in [0.15, 0.2) is 41.1 Å². The Morgan fingerprint density at radius 3 is 2.57 bits per heavy atom. The van der Waals surface area contributed by atoms with Gasteiger partial charge in [0.2, 0.25) is 0 Å². The largest absolute Gasteiger partial charge is 0.444 e. The number of anilines is 2. The minimum atomic E-state index is -0.528. The molecule has 1 saturated heterocycles. The normalized spacial score (nSPS) is 17.1. The van der Waals surface area contributed by atoms with E-state index in [2.05, 4.69) is 37.9 Å². The number of rotatable bonds is 4.